The summed E-state index contributed by atoms with van der Waals surface area (Å²) in [6.07, 6.45) is 0. The van der Waals surface area contributed by atoms with E-state index in [1.54, 1.807) is 24.3 Å². The summed E-state index contributed by atoms with van der Waals surface area (Å²) in [6.45, 7) is 1.81. The van der Waals surface area contributed by atoms with Crippen LogP contribution in [0.3, 0.4) is 0 Å². The summed E-state index contributed by atoms with van der Waals surface area (Å²) in [4.78, 5) is 19.7. The zero-order valence-electron chi connectivity index (χ0n) is 10.5. The van der Waals surface area contributed by atoms with Crippen LogP contribution < -0.4 is 5.32 Å². The number of para-hydroxylation sites is 1. The van der Waals surface area contributed by atoms with Crippen LogP contribution in [0.2, 0.25) is 5.28 Å². The molecule has 6 heteroatoms. The van der Waals surface area contributed by atoms with Gasteiger partial charge in [-0.1, -0.05) is 12.1 Å². The number of carbonyl (C=O) groups is 1. The Labute approximate surface area is 115 Å². The van der Waals surface area contributed by atoms with Crippen molar-refractivity contribution in [1.82, 2.24) is 9.97 Å². The van der Waals surface area contributed by atoms with E-state index in [0.29, 0.717) is 17.1 Å². The van der Waals surface area contributed by atoms with Gasteiger partial charge in [-0.05, 0) is 30.7 Å². The first-order valence-corrected chi connectivity index (χ1v) is 5.93. The number of hydrogen-bond donors (Lipinski definition) is 1. The molecule has 0 unspecified atom stereocenters. The predicted octanol–water partition coefficient (Wildman–Crippen LogP) is 2.97. The second kappa shape index (κ2) is 5.67. The molecule has 0 saturated heterocycles. The summed E-state index contributed by atoms with van der Waals surface area (Å²) in [5, 5.41) is 3.18. The van der Waals surface area contributed by atoms with E-state index in [-0.39, 0.29) is 5.28 Å². The third-order valence-corrected chi connectivity index (χ3v) is 2.59. The van der Waals surface area contributed by atoms with Crippen molar-refractivity contribution >= 4 is 29.1 Å². The molecular weight excluding hydrogens is 266 g/mol. The quantitative estimate of drug-likeness (QED) is 0.690. The molecule has 0 aliphatic carbocycles. The lowest BCUT2D eigenvalue weighted by Crippen LogP contribution is -2.06. The van der Waals surface area contributed by atoms with Crippen molar-refractivity contribution in [2.45, 2.75) is 6.92 Å². The van der Waals surface area contributed by atoms with E-state index in [0.717, 1.165) is 5.69 Å². The minimum Gasteiger partial charge on any atom is -0.465 e. The van der Waals surface area contributed by atoms with Crippen LogP contribution in [0.25, 0.3) is 0 Å². The van der Waals surface area contributed by atoms with E-state index in [4.69, 9.17) is 16.3 Å². The Kier molecular flexibility index (Phi) is 3.97. The Morgan fingerprint density at radius 2 is 2.05 bits per heavy atom. The maximum atomic E-state index is 11.6. The molecule has 0 radical (unpaired) electrons. The molecule has 5 nitrogen and oxygen atoms in total. The van der Waals surface area contributed by atoms with E-state index >= 15 is 0 Å². The van der Waals surface area contributed by atoms with Gasteiger partial charge >= 0.3 is 5.97 Å². The number of aromatic nitrogens is 2. The van der Waals surface area contributed by atoms with Gasteiger partial charge in [0.2, 0.25) is 5.28 Å². The van der Waals surface area contributed by atoms with Crippen LogP contribution in [-0.2, 0) is 4.74 Å². The van der Waals surface area contributed by atoms with E-state index in [1.807, 2.05) is 13.0 Å². The number of ether oxygens (including phenoxy) is 1. The van der Waals surface area contributed by atoms with E-state index in [1.165, 1.54) is 7.11 Å². The van der Waals surface area contributed by atoms with Gasteiger partial charge in [0.15, 0.2) is 0 Å². The number of rotatable bonds is 3. The molecule has 0 fully saturated rings. The van der Waals surface area contributed by atoms with Crippen molar-refractivity contribution in [2.75, 3.05) is 12.4 Å². The molecule has 1 heterocycles. The third kappa shape index (κ3) is 3.20. The Balaban J connectivity index is 2.35. The van der Waals surface area contributed by atoms with Gasteiger partial charge in [-0.3, -0.25) is 0 Å². The van der Waals surface area contributed by atoms with Gasteiger partial charge in [0.1, 0.15) is 5.82 Å². The van der Waals surface area contributed by atoms with Crippen LogP contribution in [0.4, 0.5) is 11.5 Å². The van der Waals surface area contributed by atoms with Gasteiger partial charge in [0, 0.05) is 11.8 Å². The molecule has 0 aliphatic rings. The van der Waals surface area contributed by atoms with Crippen LogP contribution in [0, 0.1) is 6.92 Å². The molecule has 0 spiro atoms. The average Bonchev–Trinajstić information content (AvgIpc) is 2.37. The van der Waals surface area contributed by atoms with Crippen LogP contribution in [0.5, 0.6) is 0 Å². The number of aryl methyl sites for hydroxylation is 1. The Bertz CT molecular complexity index is 596. The van der Waals surface area contributed by atoms with Gasteiger partial charge in [-0.15, -0.1) is 0 Å². The fourth-order valence-corrected chi connectivity index (χ4v) is 1.84. The molecule has 2 aromatic rings. The van der Waals surface area contributed by atoms with Gasteiger partial charge in [0.25, 0.3) is 0 Å². The highest BCUT2D eigenvalue weighted by atomic mass is 35.5. The minimum absolute atomic E-state index is 0.151. The normalized spacial score (nSPS) is 10.1. The highest BCUT2D eigenvalue weighted by molar-refractivity contribution is 6.28. The first-order chi connectivity index (χ1) is 9.10. The molecule has 0 bridgehead atoms. The number of methoxy groups -OCH3 is 1. The van der Waals surface area contributed by atoms with Crippen molar-refractivity contribution in [3.05, 3.63) is 46.9 Å². The average molecular weight is 278 g/mol. The van der Waals surface area contributed by atoms with Gasteiger partial charge in [0.05, 0.1) is 18.4 Å². The number of carbonyl (C=O) groups excluding carboxylic acids is 1. The number of hydrogen-bond acceptors (Lipinski definition) is 5. The molecule has 2 rings (SSSR count). The molecule has 0 aliphatic heterocycles. The lowest BCUT2D eigenvalue weighted by atomic mass is 10.2. The lowest BCUT2D eigenvalue weighted by molar-refractivity contribution is 0.0602. The number of nitrogens with zero attached hydrogens (tertiary/aromatic N) is 2. The van der Waals surface area contributed by atoms with E-state index in [9.17, 15) is 4.79 Å². The highest BCUT2D eigenvalue weighted by Gasteiger charge is 2.11. The predicted molar refractivity (Wildman–Crippen MR) is 72.8 cm³/mol. The molecule has 1 aromatic carbocycles. The van der Waals surface area contributed by atoms with Crippen LogP contribution in [-0.4, -0.2) is 23.0 Å². The molecule has 0 amide bonds. The maximum Gasteiger partial charge on any atom is 0.339 e. The van der Waals surface area contributed by atoms with Crippen molar-refractivity contribution in [2.24, 2.45) is 0 Å². The van der Waals surface area contributed by atoms with E-state index < -0.39 is 5.97 Å². The molecule has 0 saturated carbocycles. The molecular formula is C13H12ClN3O2. The summed E-state index contributed by atoms with van der Waals surface area (Å²) in [5.41, 5.74) is 1.76. The van der Waals surface area contributed by atoms with Crippen LogP contribution in [0.15, 0.2) is 30.3 Å². The minimum atomic E-state index is -0.417. The molecule has 0 atom stereocenters. The summed E-state index contributed by atoms with van der Waals surface area (Å²) in [5.74, 6) is 0.105. The largest absolute Gasteiger partial charge is 0.465 e. The molecule has 98 valence electrons. The number of anilines is 2. The monoisotopic (exact) mass is 277 g/mol. The summed E-state index contributed by atoms with van der Waals surface area (Å²) < 4.78 is 4.72. The molecule has 19 heavy (non-hydrogen) atoms. The summed E-state index contributed by atoms with van der Waals surface area (Å²) in [7, 11) is 1.34. The van der Waals surface area contributed by atoms with Crippen LogP contribution in [0.1, 0.15) is 16.1 Å². The first-order valence-electron chi connectivity index (χ1n) is 5.55. The van der Waals surface area contributed by atoms with Crippen molar-refractivity contribution in [3.8, 4) is 0 Å². The fourth-order valence-electron chi connectivity index (χ4n) is 1.61. The second-order valence-electron chi connectivity index (χ2n) is 3.83. The number of nitrogens with one attached hydrogen (secondary N) is 1. The number of benzene rings is 1. The zero-order valence-corrected chi connectivity index (χ0v) is 11.2. The zero-order chi connectivity index (χ0) is 13.8. The maximum absolute atomic E-state index is 11.6. The van der Waals surface area contributed by atoms with Crippen molar-refractivity contribution < 1.29 is 9.53 Å². The Morgan fingerprint density at radius 1 is 1.32 bits per heavy atom. The van der Waals surface area contributed by atoms with Gasteiger partial charge in [-0.25, -0.2) is 14.8 Å². The Morgan fingerprint density at radius 3 is 2.74 bits per heavy atom. The van der Waals surface area contributed by atoms with Crippen molar-refractivity contribution in [1.29, 1.82) is 0 Å². The standard InChI is InChI=1S/C13H12ClN3O2/c1-8-7-11(17-13(14)15-8)16-10-6-4-3-5-9(10)12(18)19-2/h3-7H,1-2H3,(H,15,16,17). The first kappa shape index (κ1) is 13.3. The van der Waals surface area contributed by atoms with Gasteiger partial charge in [-0.2, -0.15) is 0 Å². The third-order valence-electron chi connectivity index (χ3n) is 2.42. The topological polar surface area (TPSA) is 64.1 Å². The van der Waals surface area contributed by atoms with Gasteiger partial charge < -0.3 is 10.1 Å². The van der Waals surface area contributed by atoms with Crippen LogP contribution >= 0.6 is 11.6 Å². The van der Waals surface area contributed by atoms with E-state index in [2.05, 4.69) is 15.3 Å². The number of esters is 1. The molecule has 1 N–H and O–H groups in total. The number of halogens is 1. The molecule has 1 aromatic heterocycles. The highest BCUT2D eigenvalue weighted by Crippen LogP contribution is 2.21. The fraction of sp³-hybridized carbons (Fsp3) is 0.154. The smallest absolute Gasteiger partial charge is 0.339 e. The SMILES string of the molecule is COC(=O)c1ccccc1Nc1cc(C)nc(Cl)n1. The van der Waals surface area contributed by atoms with Crippen molar-refractivity contribution in [3.63, 3.8) is 0 Å². The summed E-state index contributed by atoms with van der Waals surface area (Å²) >= 11 is 5.79. The Hall–Kier alpha value is -2.14. The second-order valence-corrected chi connectivity index (χ2v) is 4.16. The lowest BCUT2D eigenvalue weighted by Gasteiger charge is -2.10. The summed E-state index contributed by atoms with van der Waals surface area (Å²) in [6, 6.07) is 8.74.